The molecule has 0 saturated carbocycles. The van der Waals surface area contributed by atoms with E-state index in [1.165, 1.54) is 33.6 Å². The average Bonchev–Trinajstić information content (AvgIpc) is 3.27. The molecule has 0 atom stereocenters. The van der Waals surface area contributed by atoms with Gasteiger partial charge in [-0.2, -0.15) is 0 Å². The maximum absolute atomic E-state index is 12.7. The molecule has 0 saturated heterocycles. The Kier molecular flexibility index (Phi) is 7.46. The van der Waals surface area contributed by atoms with Gasteiger partial charge in [0.05, 0.1) is 27.0 Å². The van der Waals surface area contributed by atoms with E-state index in [0.29, 0.717) is 34.2 Å². The van der Waals surface area contributed by atoms with Gasteiger partial charge in [-0.1, -0.05) is 0 Å². The fourth-order valence-corrected chi connectivity index (χ4v) is 3.50. The van der Waals surface area contributed by atoms with Gasteiger partial charge in [-0.15, -0.1) is 11.3 Å². The molecule has 3 amide bonds. The topological polar surface area (TPSA) is 128 Å². The monoisotopic (exact) mass is 470 g/mol. The highest BCUT2D eigenvalue weighted by Gasteiger charge is 2.17. The zero-order valence-corrected chi connectivity index (χ0v) is 19.2. The number of hydrogen-bond donors (Lipinski definition) is 3. The second-order valence-electron chi connectivity index (χ2n) is 6.64. The lowest BCUT2D eigenvalue weighted by Crippen LogP contribution is -2.15. The first-order chi connectivity index (χ1) is 15.8. The molecule has 2 aromatic carbocycles. The highest BCUT2D eigenvalue weighted by atomic mass is 32.1. The van der Waals surface area contributed by atoms with Gasteiger partial charge >= 0.3 is 0 Å². The molecular weight excluding hydrogens is 448 g/mol. The maximum Gasteiger partial charge on any atom is 0.275 e. The van der Waals surface area contributed by atoms with Crippen molar-refractivity contribution in [3.63, 3.8) is 0 Å². The molecule has 0 aliphatic carbocycles. The second kappa shape index (κ2) is 10.5. The van der Waals surface area contributed by atoms with Crippen LogP contribution in [0.1, 0.15) is 27.8 Å². The van der Waals surface area contributed by atoms with Gasteiger partial charge in [0.15, 0.2) is 5.13 Å². The number of hydrogen-bond acceptors (Lipinski definition) is 8. The zero-order chi connectivity index (χ0) is 24.0. The number of nitrogens with one attached hydrogen (secondary N) is 3. The predicted octanol–water partition coefficient (Wildman–Crippen LogP) is 3.63. The molecule has 11 heteroatoms. The minimum atomic E-state index is -0.506. The third kappa shape index (κ3) is 5.98. The molecule has 0 unspecified atom stereocenters. The van der Waals surface area contributed by atoms with Crippen LogP contribution in [0.4, 0.5) is 16.5 Å². The molecular formula is C22H22N4O6S. The lowest BCUT2D eigenvalue weighted by molar-refractivity contribution is -0.114. The summed E-state index contributed by atoms with van der Waals surface area (Å²) >= 11 is 1.10. The molecule has 0 spiro atoms. The van der Waals surface area contributed by atoms with Gasteiger partial charge in [0.25, 0.3) is 11.8 Å². The number of nitrogens with zero attached hydrogens (tertiary/aromatic N) is 1. The first kappa shape index (κ1) is 23.5. The predicted molar refractivity (Wildman–Crippen MR) is 125 cm³/mol. The van der Waals surface area contributed by atoms with E-state index in [9.17, 15) is 14.4 Å². The number of aromatic nitrogens is 1. The van der Waals surface area contributed by atoms with E-state index in [1.807, 2.05) is 0 Å². The number of rotatable bonds is 8. The minimum Gasteiger partial charge on any atom is -0.497 e. The molecule has 1 heterocycles. The summed E-state index contributed by atoms with van der Waals surface area (Å²) in [6, 6.07) is 9.62. The summed E-state index contributed by atoms with van der Waals surface area (Å²) in [5.41, 5.74) is 1.27. The van der Waals surface area contributed by atoms with Crippen LogP contribution in [0.2, 0.25) is 0 Å². The highest BCUT2D eigenvalue weighted by molar-refractivity contribution is 7.14. The number of thiazole rings is 1. The molecule has 3 rings (SSSR count). The van der Waals surface area contributed by atoms with Crippen LogP contribution in [0.3, 0.4) is 0 Å². The molecule has 3 aromatic rings. The molecule has 0 aliphatic rings. The first-order valence-corrected chi connectivity index (χ1v) is 10.5. The van der Waals surface area contributed by atoms with Crippen molar-refractivity contribution < 1.29 is 28.6 Å². The summed E-state index contributed by atoms with van der Waals surface area (Å²) in [6.07, 6.45) is 0. The molecule has 172 valence electrons. The van der Waals surface area contributed by atoms with Crippen molar-refractivity contribution in [1.82, 2.24) is 4.98 Å². The number of benzene rings is 2. The van der Waals surface area contributed by atoms with Gasteiger partial charge in [0, 0.05) is 29.6 Å². The Hall–Kier alpha value is -4.12. The molecule has 1 aromatic heterocycles. The summed E-state index contributed by atoms with van der Waals surface area (Å²) < 4.78 is 15.6. The summed E-state index contributed by atoms with van der Waals surface area (Å²) in [5, 5.41) is 9.76. The summed E-state index contributed by atoms with van der Waals surface area (Å²) in [7, 11) is 4.44. The van der Waals surface area contributed by atoms with E-state index >= 15 is 0 Å². The number of carbonyl (C=O) groups is 3. The van der Waals surface area contributed by atoms with E-state index < -0.39 is 11.8 Å². The molecule has 10 nitrogen and oxygen atoms in total. The van der Waals surface area contributed by atoms with Crippen LogP contribution in [-0.4, -0.2) is 44.0 Å². The third-order valence-electron chi connectivity index (χ3n) is 4.34. The van der Waals surface area contributed by atoms with Crippen molar-refractivity contribution in [3.05, 3.63) is 53.0 Å². The first-order valence-electron chi connectivity index (χ1n) is 9.60. The Morgan fingerprint density at radius 3 is 2.15 bits per heavy atom. The van der Waals surface area contributed by atoms with Crippen molar-refractivity contribution in [2.75, 3.05) is 37.3 Å². The maximum atomic E-state index is 12.7. The second-order valence-corrected chi connectivity index (χ2v) is 7.50. The van der Waals surface area contributed by atoms with Gasteiger partial charge in [-0.05, 0) is 30.3 Å². The molecule has 0 bridgehead atoms. The number of anilines is 3. The molecule has 0 radical (unpaired) electrons. The molecule has 3 N–H and O–H groups in total. The van der Waals surface area contributed by atoms with E-state index in [2.05, 4.69) is 20.9 Å². The minimum absolute atomic E-state index is 0.102. The van der Waals surface area contributed by atoms with E-state index in [-0.39, 0.29) is 16.7 Å². The number of carbonyl (C=O) groups excluding carboxylic acids is 3. The van der Waals surface area contributed by atoms with Crippen molar-refractivity contribution in [1.29, 1.82) is 0 Å². The Labute approximate surface area is 193 Å². The lowest BCUT2D eigenvalue weighted by Gasteiger charge is -2.11. The van der Waals surface area contributed by atoms with Crippen molar-refractivity contribution >= 4 is 45.6 Å². The Morgan fingerprint density at radius 1 is 0.848 bits per heavy atom. The van der Waals surface area contributed by atoms with Gasteiger partial charge < -0.3 is 24.8 Å². The summed E-state index contributed by atoms with van der Waals surface area (Å²) in [6.45, 7) is 1.38. The molecule has 33 heavy (non-hydrogen) atoms. The fourth-order valence-electron chi connectivity index (χ4n) is 2.82. The van der Waals surface area contributed by atoms with Gasteiger partial charge in [-0.3, -0.25) is 19.7 Å². The Morgan fingerprint density at radius 2 is 1.55 bits per heavy atom. The largest absolute Gasteiger partial charge is 0.497 e. The molecule has 0 fully saturated rings. The van der Waals surface area contributed by atoms with Gasteiger partial charge in [0.2, 0.25) is 5.91 Å². The number of ether oxygens (including phenoxy) is 3. The van der Waals surface area contributed by atoms with Crippen LogP contribution >= 0.6 is 11.3 Å². The quantitative estimate of drug-likeness (QED) is 0.459. The summed E-state index contributed by atoms with van der Waals surface area (Å²) in [5.74, 6) is 0.161. The van der Waals surface area contributed by atoms with Crippen LogP contribution < -0.4 is 30.2 Å². The highest BCUT2D eigenvalue weighted by Crippen LogP contribution is 2.29. The number of amides is 3. The van der Waals surface area contributed by atoms with Gasteiger partial charge in [0.1, 0.15) is 22.9 Å². The SMILES string of the molecule is COc1cc(OC)cc(C(=O)Nc2nc(C(=O)Nc3cc(NC(C)=O)ccc3OC)cs2)c1. The Bertz CT molecular complexity index is 1170. The normalized spacial score (nSPS) is 10.2. The van der Waals surface area contributed by atoms with Gasteiger partial charge in [-0.25, -0.2) is 4.98 Å². The lowest BCUT2D eigenvalue weighted by atomic mass is 10.2. The van der Waals surface area contributed by atoms with E-state index in [4.69, 9.17) is 14.2 Å². The Balaban J connectivity index is 1.73. The van der Waals surface area contributed by atoms with Crippen LogP contribution in [0.5, 0.6) is 17.2 Å². The average molecular weight is 471 g/mol. The van der Waals surface area contributed by atoms with Crippen LogP contribution in [0, 0.1) is 0 Å². The van der Waals surface area contributed by atoms with Crippen molar-refractivity contribution in [2.24, 2.45) is 0 Å². The zero-order valence-electron chi connectivity index (χ0n) is 18.3. The van der Waals surface area contributed by atoms with Crippen molar-refractivity contribution in [2.45, 2.75) is 6.92 Å². The van der Waals surface area contributed by atoms with E-state index in [0.717, 1.165) is 11.3 Å². The fraction of sp³-hybridized carbons (Fsp3) is 0.182. The van der Waals surface area contributed by atoms with Crippen LogP contribution in [0.25, 0.3) is 0 Å². The molecule has 0 aliphatic heterocycles. The van der Waals surface area contributed by atoms with Crippen molar-refractivity contribution in [3.8, 4) is 17.2 Å². The third-order valence-corrected chi connectivity index (χ3v) is 5.10. The summed E-state index contributed by atoms with van der Waals surface area (Å²) in [4.78, 5) is 40.8. The smallest absolute Gasteiger partial charge is 0.275 e. The number of methoxy groups -OCH3 is 3. The van der Waals surface area contributed by atoms with E-state index in [1.54, 1.807) is 36.4 Å². The standard InChI is InChI=1S/C22H22N4O6S/c1-12(27)23-14-5-6-19(32-4)17(9-14)24-21(29)18-11-33-22(25-18)26-20(28)13-7-15(30-2)10-16(8-13)31-3/h5-11H,1-4H3,(H,23,27)(H,24,29)(H,25,26,28). The van der Waals surface area contributed by atoms with Crippen LogP contribution in [0.15, 0.2) is 41.8 Å². The van der Waals surface area contributed by atoms with Crippen LogP contribution in [-0.2, 0) is 4.79 Å².